The van der Waals surface area contributed by atoms with Crippen molar-refractivity contribution in [2.45, 2.75) is 38.5 Å². The third kappa shape index (κ3) is 2.88. The summed E-state index contributed by atoms with van der Waals surface area (Å²) in [5.74, 6) is 0.802. The monoisotopic (exact) mass is 397 g/mol. The van der Waals surface area contributed by atoms with E-state index < -0.39 is 0 Å². The SMILES string of the molecule is CN1CCC(Cc2ccc3c(c2)C(C)(C)c2[nH]c4cc(C#N)ccc4c2C3=O)CC1. The maximum Gasteiger partial charge on any atom is 0.195 e. The fourth-order valence-electron chi connectivity index (χ4n) is 5.27. The van der Waals surface area contributed by atoms with Crippen molar-refractivity contribution in [3.8, 4) is 6.07 Å². The van der Waals surface area contributed by atoms with Crippen molar-refractivity contribution in [3.63, 3.8) is 0 Å². The van der Waals surface area contributed by atoms with E-state index in [1.165, 1.54) is 31.5 Å². The summed E-state index contributed by atoms with van der Waals surface area (Å²) in [4.78, 5) is 19.4. The maximum atomic E-state index is 13.5. The molecule has 0 bridgehead atoms. The van der Waals surface area contributed by atoms with E-state index in [0.29, 0.717) is 5.56 Å². The van der Waals surface area contributed by atoms with Crippen LogP contribution in [0.5, 0.6) is 0 Å². The minimum absolute atomic E-state index is 0.0844. The van der Waals surface area contributed by atoms with Crippen LogP contribution in [0.15, 0.2) is 36.4 Å². The zero-order valence-electron chi connectivity index (χ0n) is 17.9. The molecule has 2 aliphatic rings. The van der Waals surface area contributed by atoms with Gasteiger partial charge in [0.1, 0.15) is 0 Å². The average Bonchev–Trinajstić information content (AvgIpc) is 3.14. The number of nitrogens with zero attached hydrogens (tertiary/aromatic N) is 2. The lowest BCUT2D eigenvalue weighted by Crippen LogP contribution is -2.32. The number of benzene rings is 2. The number of hydrogen-bond donors (Lipinski definition) is 1. The summed E-state index contributed by atoms with van der Waals surface area (Å²) in [7, 11) is 2.20. The summed E-state index contributed by atoms with van der Waals surface area (Å²) >= 11 is 0. The molecule has 0 amide bonds. The molecule has 1 saturated heterocycles. The first-order chi connectivity index (χ1) is 14.4. The summed E-state index contributed by atoms with van der Waals surface area (Å²) < 4.78 is 0. The number of aromatic amines is 1. The predicted octanol–water partition coefficient (Wildman–Crippen LogP) is 4.79. The van der Waals surface area contributed by atoms with E-state index in [9.17, 15) is 10.1 Å². The van der Waals surface area contributed by atoms with E-state index in [0.717, 1.165) is 45.6 Å². The van der Waals surface area contributed by atoms with Gasteiger partial charge in [0.05, 0.1) is 17.2 Å². The van der Waals surface area contributed by atoms with E-state index in [4.69, 9.17) is 0 Å². The number of likely N-dealkylation sites (tertiary alicyclic amines) is 1. The Morgan fingerprint density at radius 2 is 1.93 bits per heavy atom. The predicted molar refractivity (Wildman–Crippen MR) is 119 cm³/mol. The van der Waals surface area contributed by atoms with Gasteiger partial charge in [0.2, 0.25) is 0 Å². The molecule has 0 saturated carbocycles. The molecule has 5 rings (SSSR count). The molecule has 2 heterocycles. The van der Waals surface area contributed by atoms with Crippen LogP contribution < -0.4 is 0 Å². The molecule has 0 unspecified atom stereocenters. The number of carbonyl (C=O) groups excluding carboxylic acids is 1. The van der Waals surface area contributed by atoms with Crippen LogP contribution in [0.1, 0.15) is 65.0 Å². The second-order valence-corrected chi connectivity index (χ2v) is 9.53. The van der Waals surface area contributed by atoms with E-state index in [1.54, 1.807) is 6.07 Å². The van der Waals surface area contributed by atoms with Crippen molar-refractivity contribution in [1.29, 1.82) is 5.26 Å². The Kier molecular flexibility index (Phi) is 4.34. The number of nitrogens with one attached hydrogen (secondary N) is 1. The Hall–Kier alpha value is -2.90. The molecule has 2 aromatic carbocycles. The van der Waals surface area contributed by atoms with Crippen LogP contribution in [0.3, 0.4) is 0 Å². The molecule has 4 heteroatoms. The van der Waals surface area contributed by atoms with E-state index >= 15 is 0 Å². The van der Waals surface area contributed by atoms with Crippen LogP contribution >= 0.6 is 0 Å². The van der Waals surface area contributed by atoms with Crippen molar-refractivity contribution in [3.05, 3.63) is 69.9 Å². The maximum absolute atomic E-state index is 13.5. The fraction of sp³-hybridized carbons (Fsp3) is 0.385. The van der Waals surface area contributed by atoms with Gasteiger partial charge in [0.15, 0.2) is 5.78 Å². The lowest BCUT2D eigenvalue weighted by atomic mass is 9.70. The molecular weight excluding hydrogens is 370 g/mol. The Balaban J connectivity index is 1.56. The second kappa shape index (κ2) is 6.82. The first-order valence-electron chi connectivity index (χ1n) is 10.8. The van der Waals surface area contributed by atoms with Gasteiger partial charge in [-0.05, 0) is 68.6 Å². The molecule has 1 aromatic heterocycles. The standard InChI is InChI=1S/C26H27N3O/c1-26(2)21-13-17(12-16-8-10-29(3)11-9-16)4-6-19(21)24(30)23-20-7-5-18(15-27)14-22(20)28-25(23)26/h4-7,13-14,16,28H,8-12H2,1-3H3. The summed E-state index contributed by atoms with van der Waals surface area (Å²) in [5.41, 5.74) is 6.13. The smallest absolute Gasteiger partial charge is 0.195 e. The molecule has 1 N–H and O–H groups in total. The number of rotatable bonds is 2. The summed E-state index contributed by atoms with van der Waals surface area (Å²) in [6, 6.07) is 14.2. The fourth-order valence-corrected chi connectivity index (χ4v) is 5.27. The number of piperidine rings is 1. The number of hydrogen-bond acceptors (Lipinski definition) is 3. The van der Waals surface area contributed by atoms with Crippen LogP contribution in [0.4, 0.5) is 0 Å². The highest BCUT2D eigenvalue weighted by Crippen LogP contribution is 2.44. The minimum Gasteiger partial charge on any atom is -0.357 e. The van der Waals surface area contributed by atoms with Gasteiger partial charge in [-0.25, -0.2) is 0 Å². The average molecular weight is 398 g/mol. The van der Waals surface area contributed by atoms with Crippen molar-refractivity contribution in [2.75, 3.05) is 20.1 Å². The first kappa shape index (κ1) is 19.1. The molecule has 152 valence electrons. The largest absolute Gasteiger partial charge is 0.357 e. The topological polar surface area (TPSA) is 59.9 Å². The van der Waals surface area contributed by atoms with Gasteiger partial charge in [-0.1, -0.05) is 38.1 Å². The normalized spacial score (nSPS) is 18.8. The van der Waals surface area contributed by atoms with Gasteiger partial charge < -0.3 is 9.88 Å². The molecular formula is C26H27N3O. The first-order valence-corrected chi connectivity index (χ1v) is 10.8. The van der Waals surface area contributed by atoms with E-state index in [1.807, 2.05) is 18.2 Å². The lowest BCUT2D eigenvalue weighted by Gasteiger charge is -2.33. The molecule has 1 aliphatic heterocycles. The minimum atomic E-state index is -0.298. The van der Waals surface area contributed by atoms with E-state index in [-0.39, 0.29) is 11.2 Å². The molecule has 3 aromatic rings. The van der Waals surface area contributed by atoms with Gasteiger partial charge in [0, 0.05) is 27.6 Å². The Labute approximate surface area is 177 Å². The molecule has 4 nitrogen and oxygen atoms in total. The number of aromatic nitrogens is 1. The molecule has 0 atom stereocenters. The van der Waals surface area contributed by atoms with Gasteiger partial charge in [-0.15, -0.1) is 0 Å². The molecule has 30 heavy (non-hydrogen) atoms. The van der Waals surface area contributed by atoms with Gasteiger partial charge in [-0.3, -0.25) is 4.79 Å². The second-order valence-electron chi connectivity index (χ2n) is 9.53. The Bertz CT molecular complexity index is 1200. The zero-order chi connectivity index (χ0) is 21.0. The highest BCUT2D eigenvalue weighted by Gasteiger charge is 2.39. The Morgan fingerprint density at radius 3 is 2.67 bits per heavy atom. The van der Waals surface area contributed by atoms with Crippen LogP contribution in [0.2, 0.25) is 0 Å². The van der Waals surface area contributed by atoms with Crippen molar-refractivity contribution in [2.24, 2.45) is 5.92 Å². The molecule has 1 aliphatic carbocycles. The third-order valence-corrected chi connectivity index (χ3v) is 7.14. The summed E-state index contributed by atoms with van der Waals surface area (Å²) in [6.45, 7) is 6.72. The molecule has 0 radical (unpaired) electrons. The van der Waals surface area contributed by atoms with Crippen molar-refractivity contribution < 1.29 is 4.79 Å². The van der Waals surface area contributed by atoms with Gasteiger partial charge >= 0.3 is 0 Å². The summed E-state index contributed by atoms with van der Waals surface area (Å²) in [6.07, 6.45) is 3.56. The molecule has 0 spiro atoms. The van der Waals surface area contributed by atoms with Crippen molar-refractivity contribution >= 4 is 16.7 Å². The Morgan fingerprint density at radius 1 is 1.17 bits per heavy atom. The number of ketones is 1. The lowest BCUT2D eigenvalue weighted by molar-refractivity contribution is 0.103. The summed E-state index contributed by atoms with van der Waals surface area (Å²) in [5, 5.41) is 10.1. The van der Waals surface area contributed by atoms with Crippen LogP contribution in [0, 0.1) is 17.2 Å². The molecule has 1 fully saturated rings. The number of H-pyrrole nitrogens is 1. The van der Waals surface area contributed by atoms with E-state index in [2.05, 4.69) is 49.0 Å². The van der Waals surface area contributed by atoms with Crippen LogP contribution in [0.25, 0.3) is 10.9 Å². The third-order valence-electron chi connectivity index (χ3n) is 7.14. The van der Waals surface area contributed by atoms with Gasteiger partial charge in [0.25, 0.3) is 0 Å². The number of fused-ring (bicyclic) bond motifs is 4. The zero-order valence-corrected chi connectivity index (χ0v) is 17.9. The van der Waals surface area contributed by atoms with Crippen LogP contribution in [-0.4, -0.2) is 35.8 Å². The highest BCUT2D eigenvalue weighted by molar-refractivity contribution is 6.20. The highest BCUT2D eigenvalue weighted by atomic mass is 16.1. The number of carbonyl (C=O) groups is 1. The quantitative estimate of drug-likeness (QED) is 0.676. The number of nitriles is 1. The van der Waals surface area contributed by atoms with Crippen LogP contribution in [-0.2, 0) is 11.8 Å². The van der Waals surface area contributed by atoms with Crippen molar-refractivity contribution in [1.82, 2.24) is 9.88 Å². The van der Waals surface area contributed by atoms with Gasteiger partial charge in [-0.2, -0.15) is 5.26 Å².